The zero-order chi connectivity index (χ0) is 12.5. The van der Waals surface area contributed by atoms with Crippen LogP contribution in [0.5, 0.6) is 5.75 Å². The Hall–Kier alpha value is -1.97. The highest BCUT2D eigenvalue weighted by Gasteiger charge is 2.33. The number of hydrogen-bond acceptors (Lipinski definition) is 1. The lowest BCUT2D eigenvalue weighted by Crippen LogP contribution is -2.06. The summed E-state index contributed by atoms with van der Waals surface area (Å²) in [5, 5.41) is 9.56. The van der Waals surface area contributed by atoms with Gasteiger partial charge in [-0.2, -0.15) is 13.2 Å². The molecule has 0 saturated carbocycles. The normalized spacial score (nSPS) is 11.5. The predicted molar refractivity (Wildman–Crippen MR) is 57.4 cm³/mol. The number of alkyl halides is 3. The van der Waals surface area contributed by atoms with Crippen LogP contribution in [0.4, 0.5) is 13.2 Å². The Balaban J connectivity index is 2.65. The van der Waals surface area contributed by atoms with E-state index in [0.29, 0.717) is 0 Å². The molecule has 0 bridgehead atoms. The Bertz CT molecular complexity index is 532. The summed E-state index contributed by atoms with van der Waals surface area (Å²) in [4.78, 5) is 0. The maximum Gasteiger partial charge on any atom is 0.417 e. The first-order chi connectivity index (χ1) is 8.00. The summed E-state index contributed by atoms with van der Waals surface area (Å²) in [5.74, 6) is -0.218. The van der Waals surface area contributed by atoms with Crippen LogP contribution in [0.2, 0.25) is 0 Å². The molecule has 87 valence electrons. The van der Waals surface area contributed by atoms with Crippen molar-refractivity contribution in [3.05, 3.63) is 54.1 Å². The van der Waals surface area contributed by atoms with Gasteiger partial charge in [-0.3, -0.25) is 0 Å². The second kappa shape index (κ2) is 4.13. The highest BCUT2D eigenvalue weighted by Crippen LogP contribution is 2.39. The molecular formula is C13H8F3O. The number of phenols is 1. The van der Waals surface area contributed by atoms with Crippen LogP contribution in [0.3, 0.4) is 0 Å². The van der Waals surface area contributed by atoms with Crippen molar-refractivity contribution in [2.75, 3.05) is 0 Å². The first kappa shape index (κ1) is 11.5. The van der Waals surface area contributed by atoms with Gasteiger partial charge in [-0.15, -0.1) is 0 Å². The first-order valence-electron chi connectivity index (χ1n) is 4.86. The topological polar surface area (TPSA) is 20.2 Å². The van der Waals surface area contributed by atoms with Gasteiger partial charge in [-0.1, -0.05) is 30.3 Å². The van der Waals surface area contributed by atoms with Crippen molar-refractivity contribution < 1.29 is 18.3 Å². The maximum atomic E-state index is 12.8. The van der Waals surface area contributed by atoms with Crippen molar-refractivity contribution >= 4 is 0 Å². The van der Waals surface area contributed by atoms with Crippen LogP contribution in [0.15, 0.2) is 42.5 Å². The summed E-state index contributed by atoms with van der Waals surface area (Å²) in [5.41, 5.74) is -0.795. The molecule has 2 aromatic carbocycles. The standard InChI is InChI=1S/C13H8F3O/c14-13(15,16)11-7-3-1-5-9(11)10-6-2-4-8-12(10)17/h1-5,7-8,17H. The Morgan fingerprint density at radius 3 is 2.35 bits per heavy atom. The van der Waals surface area contributed by atoms with Crippen molar-refractivity contribution in [2.45, 2.75) is 6.18 Å². The zero-order valence-electron chi connectivity index (χ0n) is 8.62. The summed E-state index contributed by atoms with van der Waals surface area (Å²) in [6.45, 7) is 0. The van der Waals surface area contributed by atoms with E-state index < -0.39 is 11.7 Å². The van der Waals surface area contributed by atoms with Crippen LogP contribution in [0.1, 0.15) is 5.56 Å². The van der Waals surface area contributed by atoms with Crippen molar-refractivity contribution in [1.82, 2.24) is 0 Å². The summed E-state index contributed by atoms with van der Waals surface area (Å²) < 4.78 is 38.3. The molecule has 0 aromatic heterocycles. The van der Waals surface area contributed by atoms with Crippen LogP contribution >= 0.6 is 0 Å². The lowest BCUT2D eigenvalue weighted by atomic mass is 9.98. The second-order valence-corrected chi connectivity index (χ2v) is 3.47. The Morgan fingerprint density at radius 1 is 1.00 bits per heavy atom. The molecule has 0 heterocycles. The fourth-order valence-electron chi connectivity index (χ4n) is 1.59. The SMILES string of the molecule is Oc1ccc[c]c1-c1ccccc1C(F)(F)F. The number of benzene rings is 2. The zero-order valence-corrected chi connectivity index (χ0v) is 8.62. The molecule has 1 N–H and O–H groups in total. The Labute approximate surface area is 96.1 Å². The first-order valence-corrected chi connectivity index (χ1v) is 4.86. The maximum absolute atomic E-state index is 12.8. The second-order valence-electron chi connectivity index (χ2n) is 3.47. The molecule has 0 unspecified atom stereocenters. The van der Waals surface area contributed by atoms with Crippen LogP contribution in [0.25, 0.3) is 11.1 Å². The van der Waals surface area contributed by atoms with Crippen molar-refractivity contribution in [2.24, 2.45) is 0 Å². The van der Waals surface area contributed by atoms with Crippen LogP contribution < -0.4 is 0 Å². The molecule has 1 nitrogen and oxygen atoms in total. The van der Waals surface area contributed by atoms with Gasteiger partial charge in [-0.25, -0.2) is 0 Å². The minimum absolute atomic E-state index is 0.0559. The van der Waals surface area contributed by atoms with E-state index in [4.69, 9.17) is 0 Å². The smallest absolute Gasteiger partial charge is 0.417 e. The molecule has 0 spiro atoms. The summed E-state index contributed by atoms with van der Waals surface area (Å²) in [6.07, 6.45) is -4.45. The summed E-state index contributed by atoms with van der Waals surface area (Å²) >= 11 is 0. The van der Waals surface area contributed by atoms with Gasteiger partial charge in [0.1, 0.15) is 5.75 Å². The third-order valence-corrected chi connectivity index (χ3v) is 2.34. The third kappa shape index (κ3) is 2.25. The van der Waals surface area contributed by atoms with E-state index in [1.807, 2.05) is 0 Å². The Morgan fingerprint density at radius 2 is 1.71 bits per heavy atom. The molecule has 2 aromatic rings. The van der Waals surface area contributed by atoms with Gasteiger partial charge in [-0.05, 0) is 23.8 Å². The molecule has 0 amide bonds. The minimum atomic E-state index is -4.45. The summed E-state index contributed by atoms with van der Waals surface area (Å²) in [7, 11) is 0. The van der Waals surface area contributed by atoms with Gasteiger partial charge in [0.05, 0.1) is 5.56 Å². The molecular weight excluding hydrogens is 229 g/mol. The van der Waals surface area contributed by atoms with E-state index in [9.17, 15) is 18.3 Å². The third-order valence-electron chi connectivity index (χ3n) is 2.34. The van der Waals surface area contributed by atoms with E-state index in [0.717, 1.165) is 6.07 Å². The van der Waals surface area contributed by atoms with Crippen LogP contribution in [-0.2, 0) is 6.18 Å². The van der Waals surface area contributed by atoms with Crippen LogP contribution in [-0.4, -0.2) is 5.11 Å². The van der Waals surface area contributed by atoms with Gasteiger partial charge in [0.15, 0.2) is 0 Å². The Kier molecular flexibility index (Phi) is 2.79. The van der Waals surface area contributed by atoms with Gasteiger partial charge in [0, 0.05) is 5.56 Å². The monoisotopic (exact) mass is 237 g/mol. The van der Waals surface area contributed by atoms with Gasteiger partial charge < -0.3 is 5.11 Å². The lowest BCUT2D eigenvalue weighted by molar-refractivity contribution is -0.137. The van der Waals surface area contributed by atoms with Gasteiger partial charge in [0.2, 0.25) is 0 Å². The fraction of sp³-hybridized carbons (Fsp3) is 0.0769. The molecule has 0 fully saturated rings. The van der Waals surface area contributed by atoms with E-state index in [-0.39, 0.29) is 16.9 Å². The minimum Gasteiger partial charge on any atom is -0.507 e. The van der Waals surface area contributed by atoms with Crippen molar-refractivity contribution in [3.8, 4) is 16.9 Å². The highest BCUT2D eigenvalue weighted by molar-refractivity contribution is 5.72. The van der Waals surface area contributed by atoms with E-state index in [1.54, 1.807) is 0 Å². The molecule has 0 aliphatic carbocycles. The number of halogens is 3. The highest BCUT2D eigenvalue weighted by atomic mass is 19.4. The van der Waals surface area contributed by atoms with Crippen LogP contribution in [0, 0.1) is 6.07 Å². The quantitative estimate of drug-likeness (QED) is 0.798. The molecule has 0 aliphatic rings. The molecule has 0 atom stereocenters. The van der Waals surface area contributed by atoms with Gasteiger partial charge >= 0.3 is 6.18 Å². The molecule has 2 rings (SSSR count). The van der Waals surface area contributed by atoms with Crippen molar-refractivity contribution in [1.29, 1.82) is 0 Å². The molecule has 1 radical (unpaired) electrons. The van der Waals surface area contributed by atoms with E-state index in [2.05, 4.69) is 6.07 Å². The number of aromatic hydroxyl groups is 1. The number of rotatable bonds is 1. The predicted octanol–water partition coefficient (Wildman–Crippen LogP) is 3.88. The summed E-state index contributed by atoms with van der Waals surface area (Å²) in [6, 6.07) is 12.0. The molecule has 0 aliphatic heterocycles. The lowest BCUT2D eigenvalue weighted by Gasteiger charge is -2.13. The molecule has 0 saturated heterocycles. The van der Waals surface area contributed by atoms with E-state index >= 15 is 0 Å². The van der Waals surface area contributed by atoms with Crippen molar-refractivity contribution in [3.63, 3.8) is 0 Å². The number of hydrogen-bond donors (Lipinski definition) is 1. The average Bonchev–Trinajstić information content (AvgIpc) is 2.28. The molecule has 17 heavy (non-hydrogen) atoms. The molecule has 4 heteroatoms. The average molecular weight is 237 g/mol. The van der Waals surface area contributed by atoms with Gasteiger partial charge in [0.25, 0.3) is 0 Å². The number of phenolic OH excluding ortho intramolecular Hbond substituents is 1. The largest absolute Gasteiger partial charge is 0.507 e. The fourth-order valence-corrected chi connectivity index (χ4v) is 1.59. The van der Waals surface area contributed by atoms with E-state index in [1.165, 1.54) is 36.4 Å².